The van der Waals surface area contributed by atoms with Crippen molar-refractivity contribution in [2.24, 2.45) is 0 Å². The van der Waals surface area contributed by atoms with E-state index in [0.717, 1.165) is 0 Å². The zero-order chi connectivity index (χ0) is 14.3. The van der Waals surface area contributed by atoms with Crippen LogP contribution < -0.4 is 5.32 Å². The van der Waals surface area contributed by atoms with Gasteiger partial charge in [-0.25, -0.2) is 4.98 Å². The van der Waals surface area contributed by atoms with Crippen molar-refractivity contribution in [3.63, 3.8) is 0 Å². The lowest BCUT2D eigenvalue weighted by Gasteiger charge is -2.17. The third-order valence-corrected chi connectivity index (χ3v) is 2.26. The number of aromatic nitrogens is 2. The third-order valence-electron chi connectivity index (χ3n) is 2.26. The van der Waals surface area contributed by atoms with Gasteiger partial charge in [0.25, 0.3) is 0 Å². The molecule has 0 fully saturated rings. The van der Waals surface area contributed by atoms with Gasteiger partial charge in [-0.1, -0.05) is 12.1 Å². The lowest BCUT2D eigenvalue weighted by molar-refractivity contribution is -0.267. The Labute approximate surface area is 102 Å². The van der Waals surface area contributed by atoms with Crippen LogP contribution in [0.3, 0.4) is 0 Å². The van der Waals surface area contributed by atoms with Crippen molar-refractivity contribution in [1.82, 2.24) is 9.97 Å². The van der Waals surface area contributed by atoms with Gasteiger partial charge in [0.05, 0.1) is 11.0 Å². The van der Waals surface area contributed by atoms with Gasteiger partial charge in [-0.05, 0) is 12.1 Å². The molecule has 2 N–H and O–H groups in total. The molecular weight excluding hydrogens is 273 g/mol. The molecule has 0 radical (unpaired) electrons. The summed E-state index contributed by atoms with van der Waals surface area (Å²) < 4.78 is 61.2. The molecule has 9 heteroatoms. The summed E-state index contributed by atoms with van der Waals surface area (Å²) in [5.41, 5.74) is 0.723. The molecule has 2 rings (SSSR count). The van der Waals surface area contributed by atoms with Crippen molar-refractivity contribution in [2.45, 2.75) is 12.1 Å². The van der Waals surface area contributed by atoms with Gasteiger partial charge in [0.15, 0.2) is 0 Å². The van der Waals surface area contributed by atoms with Crippen molar-refractivity contribution >= 4 is 22.9 Å². The highest BCUT2D eigenvalue weighted by molar-refractivity contribution is 5.96. The predicted octanol–water partition coefficient (Wildman–Crippen LogP) is 2.70. The summed E-state index contributed by atoms with van der Waals surface area (Å²) >= 11 is 0. The first-order chi connectivity index (χ1) is 8.72. The lowest BCUT2D eigenvalue weighted by Crippen LogP contribution is -2.47. The minimum Gasteiger partial charge on any atom is -0.324 e. The molecular formula is C10H6F5N3O. The van der Waals surface area contributed by atoms with Gasteiger partial charge < -0.3 is 4.98 Å². The number of alkyl halides is 5. The maximum atomic E-state index is 12.7. The fourth-order valence-corrected chi connectivity index (χ4v) is 1.33. The molecule has 0 aliphatic carbocycles. The number of amides is 1. The topological polar surface area (TPSA) is 57.8 Å². The van der Waals surface area contributed by atoms with Crippen LogP contribution in [0.4, 0.5) is 27.9 Å². The van der Waals surface area contributed by atoms with Crippen LogP contribution >= 0.6 is 0 Å². The van der Waals surface area contributed by atoms with Gasteiger partial charge in [-0.3, -0.25) is 10.1 Å². The molecule has 0 aliphatic heterocycles. The third kappa shape index (κ3) is 2.35. The first-order valence-corrected chi connectivity index (χ1v) is 4.92. The average Bonchev–Trinajstić information content (AvgIpc) is 2.69. The van der Waals surface area contributed by atoms with Gasteiger partial charge in [0.1, 0.15) is 0 Å². The van der Waals surface area contributed by atoms with Crippen molar-refractivity contribution in [1.29, 1.82) is 0 Å². The number of aromatic amines is 1. The molecule has 1 aromatic heterocycles. The number of hydrogen-bond donors (Lipinski definition) is 2. The maximum absolute atomic E-state index is 12.7. The second-order valence-corrected chi connectivity index (χ2v) is 3.63. The summed E-state index contributed by atoms with van der Waals surface area (Å²) in [7, 11) is 0. The summed E-state index contributed by atoms with van der Waals surface area (Å²) in [4.78, 5) is 17.0. The number of carbonyl (C=O) groups excluding carboxylic acids is 1. The number of halogens is 5. The molecule has 0 saturated heterocycles. The Balaban J connectivity index is 2.24. The van der Waals surface area contributed by atoms with Gasteiger partial charge in [0, 0.05) is 0 Å². The number of H-pyrrole nitrogens is 1. The van der Waals surface area contributed by atoms with E-state index in [-0.39, 0.29) is 0 Å². The summed E-state index contributed by atoms with van der Waals surface area (Å²) in [5.74, 6) is -8.44. The molecule has 1 amide bonds. The number of rotatable bonds is 2. The number of para-hydroxylation sites is 2. The van der Waals surface area contributed by atoms with E-state index in [0.29, 0.717) is 11.0 Å². The molecule has 0 saturated carbocycles. The van der Waals surface area contributed by atoms with Gasteiger partial charge >= 0.3 is 18.0 Å². The average molecular weight is 279 g/mol. The zero-order valence-electron chi connectivity index (χ0n) is 9.05. The van der Waals surface area contributed by atoms with Gasteiger partial charge in [-0.2, -0.15) is 22.0 Å². The zero-order valence-corrected chi connectivity index (χ0v) is 9.05. The van der Waals surface area contributed by atoms with Crippen molar-refractivity contribution in [2.75, 3.05) is 5.32 Å². The van der Waals surface area contributed by atoms with Crippen LogP contribution in [0.25, 0.3) is 11.0 Å². The van der Waals surface area contributed by atoms with Crippen molar-refractivity contribution in [3.8, 4) is 0 Å². The standard InChI is InChI=1S/C10H6F5N3O/c11-9(12,10(13,14)15)7(19)18-8-16-5-3-1-2-4-6(5)17-8/h1-4H,(H2,16,17,18,19). The highest BCUT2D eigenvalue weighted by atomic mass is 19.4. The summed E-state index contributed by atoms with van der Waals surface area (Å²) in [6.45, 7) is 0. The highest BCUT2D eigenvalue weighted by Gasteiger charge is 2.63. The molecule has 0 spiro atoms. The number of benzene rings is 1. The number of hydrogen-bond acceptors (Lipinski definition) is 2. The van der Waals surface area contributed by atoms with E-state index in [1.807, 2.05) is 0 Å². The van der Waals surface area contributed by atoms with Crippen molar-refractivity contribution in [3.05, 3.63) is 24.3 Å². The smallest absolute Gasteiger partial charge is 0.324 e. The second kappa shape index (κ2) is 4.18. The fraction of sp³-hybridized carbons (Fsp3) is 0.200. The number of imidazole rings is 1. The van der Waals surface area contributed by atoms with E-state index < -0.39 is 24.0 Å². The lowest BCUT2D eigenvalue weighted by atomic mass is 10.3. The monoisotopic (exact) mass is 279 g/mol. The highest BCUT2D eigenvalue weighted by Crippen LogP contribution is 2.36. The number of carbonyl (C=O) groups is 1. The molecule has 2 aromatic rings. The van der Waals surface area contributed by atoms with Crippen LogP contribution in [-0.4, -0.2) is 28.0 Å². The fourth-order valence-electron chi connectivity index (χ4n) is 1.33. The molecule has 1 heterocycles. The second-order valence-electron chi connectivity index (χ2n) is 3.63. The largest absolute Gasteiger partial charge is 0.463 e. The summed E-state index contributed by atoms with van der Waals surface area (Å²) in [6, 6.07) is 6.23. The molecule has 4 nitrogen and oxygen atoms in total. The van der Waals surface area contributed by atoms with E-state index in [1.165, 1.54) is 17.4 Å². The number of nitrogens with one attached hydrogen (secondary N) is 2. The number of fused-ring (bicyclic) bond motifs is 1. The molecule has 0 atom stereocenters. The number of nitrogens with zero attached hydrogens (tertiary/aromatic N) is 1. The SMILES string of the molecule is O=C(Nc1nc2ccccc2[nH]1)C(F)(F)C(F)(F)F. The Kier molecular flexibility index (Phi) is 2.91. The van der Waals surface area contributed by atoms with E-state index in [9.17, 15) is 26.7 Å². The van der Waals surface area contributed by atoms with Crippen LogP contribution in [0.15, 0.2) is 24.3 Å². The Hall–Kier alpha value is -2.19. The van der Waals surface area contributed by atoms with Crippen LogP contribution in [0.2, 0.25) is 0 Å². The molecule has 1 aromatic carbocycles. The van der Waals surface area contributed by atoms with E-state index >= 15 is 0 Å². The molecule has 19 heavy (non-hydrogen) atoms. The number of anilines is 1. The molecule has 102 valence electrons. The minimum absolute atomic E-state index is 0.327. The summed E-state index contributed by atoms with van der Waals surface area (Å²) in [5, 5.41) is 1.40. The Morgan fingerprint density at radius 3 is 2.37 bits per heavy atom. The minimum atomic E-state index is -5.96. The Bertz CT molecular complexity index is 586. The van der Waals surface area contributed by atoms with Crippen LogP contribution in [-0.2, 0) is 4.79 Å². The molecule has 0 aliphatic rings. The Morgan fingerprint density at radius 2 is 1.79 bits per heavy atom. The quantitative estimate of drug-likeness (QED) is 0.830. The molecule has 0 bridgehead atoms. The predicted molar refractivity (Wildman–Crippen MR) is 55.7 cm³/mol. The van der Waals surface area contributed by atoms with Crippen LogP contribution in [0.5, 0.6) is 0 Å². The van der Waals surface area contributed by atoms with Gasteiger partial charge in [-0.15, -0.1) is 0 Å². The first kappa shape index (κ1) is 13.2. The Morgan fingerprint density at radius 1 is 1.16 bits per heavy atom. The maximum Gasteiger partial charge on any atom is 0.463 e. The van der Waals surface area contributed by atoms with E-state index in [4.69, 9.17) is 0 Å². The molecule has 0 unspecified atom stereocenters. The van der Waals surface area contributed by atoms with Crippen molar-refractivity contribution < 1.29 is 26.7 Å². The first-order valence-electron chi connectivity index (χ1n) is 4.92. The van der Waals surface area contributed by atoms with E-state index in [2.05, 4.69) is 9.97 Å². The normalized spacial score (nSPS) is 12.7. The summed E-state index contributed by atoms with van der Waals surface area (Å²) in [6.07, 6.45) is -5.96. The van der Waals surface area contributed by atoms with Crippen LogP contribution in [0.1, 0.15) is 0 Å². The van der Waals surface area contributed by atoms with E-state index in [1.54, 1.807) is 12.1 Å². The van der Waals surface area contributed by atoms with Crippen LogP contribution in [0, 0.1) is 0 Å². The van der Waals surface area contributed by atoms with Gasteiger partial charge in [0.2, 0.25) is 5.95 Å².